The third-order valence-corrected chi connectivity index (χ3v) is 14.1. The van der Waals surface area contributed by atoms with Crippen molar-refractivity contribution in [3.8, 4) is 22.8 Å². The molecule has 2 saturated heterocycles. The van der Waals surface area contributed by atoms with Gasteiger partial charge in [0.15, 0.2) is 11.6 Å². The highest BCUT2D eigenvalue weighted by Gasteiger charge is 2.45. The largest absolute Gasteiger partial charge is 0.471 e. The van der Waals surface area contributed by atoms with Gasteiger partial charge in [-0.15, -0.1) is 12.4 Å². The summed E-state index contributed by atoms with van der Waals surface area (Å²) in [5.74, 6) is -1.03. The number of ketones is 2. The van der Waals surface area contributed by atoms with Gasteiger partial charge in [-0.25, -0.2) is 53.3 Å². The molecule has 0 atom stereocenters. The van der Waals surface area contributed by atoms with Crippen molar-refractivity contribution in [2.45, 2.75) is 158 Å². The number of amides is 6. The van der Waals surface area contributed by atoms with E-state index in [1.165, 1.54) is 70.6 Å². The van der Waals surface area contributed by atoms with Gasteiger partial charge in [0, 0.05) is 99.8 Å². The quantitative estimate of drug-likeness (QED) is 0.0258. The Hall–Kier alpha value is -11.3. The van der Waals surface area contributed by atoms with Gasteiger partial charge in [-0.05, 0) is 117 Å². The fourth-order valence-corrected chi connectivity index (χ4v) is 9.17. The first-order chi connectivity index (χ1) is 49.1. The predicted octanol–water partition coefficient (Wildman–Crippen LogP) is 12.9. The minimum Gasteiger partial charge on any atom is -0.444 e. The molecule has 572 valence electrons. The van der Waals surface area contributed by atoms with Gasteiger partial charge in [0.1, 0.15) is 45.8 Å². The van der Waals surface area contributed by atoms with Crippen molar-refractivity contribution in [1.29, 1.82) is 5.41 Å². The summed E-state index contributed by atoms with van der Waals surface area (Å²) in [5.41, 5.74) is 6.97. The first kappa shape index (κ1) is 87.2. The van der Waals surface area contributed by atoms with Gasteiger partial charge >= 0.3 is 48.2 Å². The zero-order valence-corrected chi connectivity index (χ0v) is 62.3. The Bertz CT molecular complexity index is 4050. The van der Waals surface area contributed by atoms with E-state index in [-0.39, 0.29) is 79.3 Å². The van der Waals surface area contributed by atoms with Crippen LogP contribution in [-0.2, 0) is 67.6 Å². The lowest BCUT2D eigenvalue weighted by molar-refractivity contribution is -0.384. The van der Waals surface area contributed by atoms with E-state index in [1.54, 1.807) is 73.2 Å². The van der Waals surface area contributed by atoms with E-state index in [9.17, 15) is 66.0 Å². The van der Waals surface area contributed by atoms with Crippen LogP contribution in [0.5, 0.6) is 11.5 Å². The van der Waals surface area contributed by atoms with Crippen molar-refractivity contribution in [1.82, 2.24) is 49.4 Å². The van der Waals surface area contributed by atoms with Crippen LogP contribution in [0.2, 0.25) is 0 Å². The Morgan fingerprint density at radius 2 is 1.05 bits per heavy atom. The Morgan fingerprint density at radius 1 is 0.613 bits per heavy atom. The summed E-state index contributed by atoms with van der Waals surface area (Å²) >= 11 is 0. The lowest BCUT2D eigenvalue weighted by atomic mass is 10.1. The minimum absolute atomic E-state index is 0. The number of pyridine rings is 1. The van der Waals surface area contributed by atoms with Crippen LogP contribution in [-0.4, -0.2) is 171 Å². The second-order valence-electron chi connectivity index (χ2n) is 26.7. The molecular weight excluding hydrogens is 1410 g/mol. The molecule has 0 bridgehead atoms. The molecule has 3 aromatic carbocycles. The molecule has 3 aromatic heterocycles. The van der Waals surface area contributed by atoms with Crippen molar-refractivity contribution in [3.63, 3.8) is 0 Å². The van der Waals surface area contributed by atoms with Crippen molar-refractivity contribution < 1.29 is 84.5 Å². The van der Waals surface area contributed by atoms with E-state index < -0.39 is 75.5 Å². The number of amidine groups is 1. The number of nitrogens with two attached hydrogens (primary N) is 1. The minimum atomic E-state index is -4.83. The highest BCUT2D eigenvalue weighted by atomic mass is 35.5. The number of Topliss-reactive ketones (excluding diaryl/α,β-unsaturated/α-hetero) is 2. The van der Waals surface area contributed by atoms with Crippen molar-refractivity contribution in [2.75, 3.05) is 45.2 Å². The molecule has 2 fully saturated rings. The normalized spacial score (nSPS) is 13.8. The van der Waals surface area contributed by atoms with Gasteiger partial charge in [0.05, 0.1) is 67.1 Å². The number of likely N-dealkylation sites (tertiary alicyclic amines) is 2. The van der Waals surface area contributed by atoms with Crippen LogP contribution in [0, 0.1) is 21.3 Å². The third-order valence-electron chi connectivity index (χ3n) is 14.1. The van der Waals surface area contributed by atoms with E-state index in [1.807, 2.05) is 82.6 Å². The topological polar surface area (TPSA) is 360 Å². The molecule has 10 rings (SSSR count). The monoisotopic (exact) mass is 1500 g/mol. The number of halogens is 5. The number of aryl methyl sites for hydroxylation is 2. The van der Waals surface area contributed by atoms with Crippen molar-refractivity contribution in [2.24, 2.45) is 5.73 Å². The van der Waals surface area contributed by atoms with Crippen LogP contribution < -0.4 is 20.1 Å². The summed E-state index contributed by atoms with van der Waals surface area (Å²) in [6.07, 6.45) is -0.913. The van der Waals surface area contributed by atoms with Gasteiger partial charge in [-0.1, -0.05) is 57.2 Å². The number of fused-ring (bicyclic) bond motifs is 2. The fraction of sp³-hybridized carbons (Fsp3) is 0.417. The molecule has 7 heterocycles. The number of imide groups is 1. The second-order valence-corrected chi connectivity index (χ2v) is 26.7. The molecule has 6 amide bonds. The number of nitrogens with zero attached hydrogens (tertiary/aromatic N) is 12. The van der Waals surface area contributed by atoms with Gasteiger partial charge in [0.2, 0.25) is 5.82 Å². The number of benzene rings is 3. The lowest BCUT2D eigenvalue weighted by Crippen LogP contribution is -2.42. The maximum absolute atomic E-state index is 13.4. The summed E-state index contributed by atoms with van der Waals surface area (Å²) in [4.78, 5) is 134. The number of alkyl halides is 3. The number of para-hydroxylation sites is 2. The van der Waals surface area contributed by atoms with Crippen molar-refractivity contribution in [3.05, 3.63) is 171 Å². The molecule has 0 radical (unpaired) electrons. The van der Waals surface area contributed by atoms with Gasteiger partial charge in [0.25, 0.3) is 0 Å². The molecule has 4 aliphatic rings. The van der Waals surface area contributed by atoms with Crippen LogP contribution >= 0.6 is 12.4 Å². The maximum atomic E-state index is 13.4. The molecule has 6 aromatic rings. The van der Waals surface area contributed by atoms with E-state index in [0.717, 1.165) is 34.5 Å². The molecule has 34 heteroatoms. The number of nitro groups is 1. The number of anilines is 1. The van der Waals surface area contributed by atoms with Gasteiger partial charge < -0.3 is 44.1 Å². The molecule has 3 N–H and O–H groups in total. The summed E-state index contributed by atoms with van der Waals surface area (Å²) in [7, 11) is 3.69. The maximum Gasteiger partial charge on any atom is 0.471 e. The Morgan fingerprint density at radius 3 is 1.44 bits per heavy atom. The molecule has 106 heavy (non-hydrogen) atoms. The number of nitrogens with one attached hydrogen (secondary N) is 1. The molecular formula is C72H89ClF4N14O15. The van der Waals surface area contributed by atoms with Crippen LogP contribution in [0.15, 0.2) is 121 Å². The van der Waals surface area contributed by atoms with E-state index in [2.05, 4.69) is 24.9 Å². The molecule has 0 unspecified atom stereocenters. The van der Waals surface area contributed by atoms with Crippen LogP contribution in [0.3, 0.4) is 0 Å². The van der Waals surface area contributed by atoms with Gasteiger partial charge in [-0.3, -0.25) is 39.7 Å². The number of hydrogen-bond donors (Lipinski definition) is 2. The Balaban J connectivity index is 0.000000289. The first-order valence-corrected chi connectivity index (χ1v) is 33.0. The smallest absolute Gasteiger partial charge is 0.444 e. The average molecular weight is 1500 g/mol. The third kappa shape index (κ3) is 28.4. The summed E-state index contributed by atoms with van der Waals surface area (Å²) < 4.78 is 76.3. The number of rotatable bonds is 9. The first-order valence-electron chi connectivity index (χ1n) is 33.0. The second kappa shape index (κ2) is 39.0. The van der Waals surface area contributed by atoms with Crippen LogP contribution in [0.25, 0.3) is 11.3 Å². The number of hydrogen-bond acceptors (Lipinski definition) is 22. The molecule has 0 spiro atoms. The molecule has 4 aliphatic heterocycles. The summed E-state index contributed by atoms with van der Waals surface area (Å²) in [5, 5.41) is 18.3. The standard InChI is InChI=1S/C25H16FN3O6.C13H19N3O2.C12H20N2O3.C10H10F3N3O.C9H15NO3.C3H8N2.ClH/c26-18-13-11-17(12-14-18)21-15-16-22(29(32)33)23(27-21)28(24(30)34-19-7-3-1-4-8-19)25(31)35-20-9-5-2-6-10-20;1-5-11-14-6-9-7-16(8-10(9)15-11)12(17)18-13(2,3)4;1-12(2,3)17-11(16)14-7-9(6-13(4)5)10(15)8-14;1-2-8-14-3-6-4-16(5-7(6)15-8)9(17)10(11,12)13;1-9(2,3)13-8(12)10-5-4-7(11)6-10;1-2-3(4)5;/h1-16H;6H,5,7-8H2,1-4H3;6H,7-8H2,1-5H3;3H,2,4-5H2,1H3;4-6H2,1-3H3;2H2,1H3,(H3,4,5);1H/b;;9-6-;;;;. The number of aromatic nitrogens is 5. The molecule has 29 nitrogen and oxygen atoms in total. The summed E-state index contributed by atoms with van der Waals surface area (Å²) in [6.45, 7) is 24.2. The Labute approximate surface area is 617 Å². The van der Waals surface area contributed by atoms with E-state index in [0.29, 0.717) is 78.6 Å². The highest BCUT2D eigenvalue weighted by Crippen LogP contribution is 2.33. The predicted molar refractivity (Wildman–Crippen MR) is 384 cm³/mol. The zero-order chi connectivity index (χ0) is 78.3. The zero-order valence-electron chi connectivity index (χ0n) is 61.4. The average Bonchev–Trinajstić information content (AvgIpc) is 1.47. The molecule has 0 aliphatic carbocycles. The highest BCUT2D eigenvalue weighted by molar-refractivity contribution is 6.11. The van der Waals surface area contributed by atoms with Crippen LogP contribution in [0.4, 0.5) is 53.0 Å². The lowest BCUT2D eigenvalue weighted by Gasteiger charge is -2.23. The fourth-order valence-electron chi connectivity index (χ4n) is 9.17. The SMILES string of the molecule is CC(C)(C)OC(=O)N1CCC(=O)C1.CCC(=N)N.CCc1ncc2c(n1)CN(C(=O)C(F)(F)F)C2.CCc1ncc2c(n1)CN(C(=O)OC(C)(C)C)C2.CN(C)/C=C1/CN(C(=O)OC(C)(C)C)CC1=O.Cl.O=C(Oc1ccccc1)N(C(=O)Oc1ccccc1)c1nc(-c2ccc(F)cc2)ccc1[N+](=O)[O-]. The van der Waals surface area contributed by atoms with E-state index >= 15 is 0 Å². The van der Waals surface area contributed by atoms with E-state index in [4.69, 9.17) is 34.8 Å². The number of carbonyl (C=O) groups is 8. The van der Waals surface area contributed by atoms with Crippen molar-refractivity contribution >= 4 is 77.7 Å². The Kier molecular flexibility index (Phi) is 32.1. The number of ether oxygens (including phenoxy) is 5. The molecule has 0 saturated carbocycles. The van der Waals surface area contributed by atoms with Crippen LogP contribution in [0.1, 0.15) is 130 Å². The number of carbonyl (C=O) groups excluding carboxylic acids is 8. The van der Waals surface area contributed by atoms with Gasteiger partial charge in [-0.2, -0.15) is 18.1 Å². The summed E-state index contributed by atoms with van der Waals surface area (Å²) in [6, 6.07) is 23.2.